The Morgan fingerprint density at radius 2 is 1.52 bits per heavy atom. The summed E-state index contributed by atoms with van der Waals surface area (Å²) >= 11 is 0. The van der Waals surface area contributed by atoms with E-state index in [1.54, 1.807) is 44.4 Å². The molecule has 4 rings (SSSR count). The van der Waals surface area contributed by atoms with Crippen LogP contribution >= 0.6 is 0 Å². The molecule has 0 aromatic heterocycles. The third-order valence-electron chi connectivity index (χ3n) is 10.3. The van der Waals surface area contributed by atoms with E-state index >= 15 is 0 Å². The monoisotopic (exact) mass is 723 g/mol. The van der Waals surface area contributed by atoms with Crippen molar-refractivity contribution < 1.29 is 33.6 Å². The summed E-state index contributed by atoms with van der Waals surface area (Å²) in [6, 6.07) is 4.16. The van der Waals surface area contributed by atoms with Gasteiger partial charge in [0.25, 0.3) is 5.91 Å². The lowest BCUT2D eigenvalue weighted by atomic mass is 9.85. The Bertz CT molecular complexity index is 1560. The molecule has 1 aromatic rings. The lowest BCUT2D eigenvalue weighted by Gasteiger charge is -2.38. The second kappa shape index (κ2) is 15.2. The van der Waals surface area contributed by atoms with Crippen molar-refractivity contribution in [2.24, 2.45) is 28.6 Å². The SMILES string of the molecule is CN(C)C(=O)[C@@H](NC(=O)CNC(=O)C(=O)C(CC1CC1)NC(=O)[C@@H]1C2[C@H](CN1C(=O)[C@@H](NC(=O)NC(C)(C)C)C(C)(C)C)C2(C)C)c1ccccc1. The number of hydrogen-bond donors (Lipinski definition) is 5. The minimum absolute atomic E-state index is 0.0507. The lowest BCUT2D eigenvalue weighted by Crippen LogP contribution is -2.62. The number of likely N-dealkylation sites (N-methyl/N-ethyl adjacent to an activating group) is 1. The Balaban J connectivity index is 1.46. The zero-order chi connectivity index (χ0) is 38.9. The van der Waals surface area contributed by atoms with Gasteiger partial charge in [0.2, 0.25) is 29.4 Å². The molecule has 0 bridgehead atoms. The zero-order valence-electron chi connectivity index (χ0n) is 32.2. The van der Waals surface area contributed by atoms with Gasteiger partial charge in [0, 0.05) is 26.2 Å². The van der Waals surface area contributed by atoms with E-state index in [1.807, 2.05) is 55.4 Å². The summed E-state index contributed by atoms with van der Waals surface area (Å²) in [5.74, 6) is -3.87. The van der Waals surface area contributed by atoms with Gasteiger partial charge in [-0.3, -0.25) is 28.8 Å². The number of hydrogen-bond acceptors (Lipinski definition) is 7. The van der Waals surface area contributed by atoms with Gasteiger partial charge in [-0.2, -0.15) is 0 Å². The summed E-state index contributed by atoms with van der Waals surface area (Å²) in [5.41, 5.74) is -0.890. The van der Waals surface area contributed by atoms with Gasteiger partial charge in [-0.15, -0.1) is 0 Å². The minimum atomic E-state index is -1.16. The lowest BCUT2D eigenvalue weighted by molar-refractivity contribution is -0.145. The number of carbonyl (C=O) groups is 7. The summed E-state index contributed by atoms with van der Waals surface area (Å²) < 4.78 is 0. The van der Waals surface area contributed by atoms with Crippen molar-refractivity contribution in [1.29, 1.82) is 0 Å². The Labute approximate surface area is 306 Å². The average Bonchev–Trinajstić information content (AvgIpc) is 3.90. The third kappa shape index (κ3) is 9.68. The molecule has 3 fully saturated rings. The van der Waals surface area contributed by atoms with Crippen molar-refractivity contribution in [2.45, 2.75) is 104 Å². The van der Waals surface area contributed by atoms with E-state index in [9.17, 15) is 33.6 Å². The number of Topliss-reactive ketones (excluding diaryl/α,β-unsaturated/α-hetero) is 1. The van der Waals surface area contributed by atoms with Crippen molar-refractivity contribution >= 4 is 41.4 Å². The standard InChI is InChI=1S/C38H57N7O7/c1-36(2,3)30(42-35(52)43-37(4,5)6)34(51)45-20-23-26(38(23,7)8)28(45)31(48)40-24(18-21-16-17-21)29(47)32(49)39-19-25(46)41-27(33(50)44(9)10)22-14-12-11-13-15-22/h11-15,21,23-24,26-28,30H,16-20H2,1-10H3,(H,39,49)(H,40,48)(H,41,46)(H2,42,43,52)/t23-,24?,26?,27-,28-,30+/m0/s1. The number of amides is 7. The second-order valence-corrected chi connectivity index (χ2v) is 17.5. The average molecular weight is 724 g/mol. The highest BCUT2D eigenvalue weighted by atomic mass is 16.2. The van der Waals surface area contributed by atoms with Crippen LogP contribution in [0.15, 0.2) is 30.3 Å². The Hall–Kier alpha value is -4.49. The minimum Gasteiger partial charge on any atom is -0.347 e. The number of piperidine rings is 1. The smallest absolute Gasteiger partial charge is 0.315 e. The highest BCUT2D eigenvalue weighted by Gasteiger charge is 2.70. The first-order valence-electron chi connectivity index (χ1n) is 18.1. The van der Waals surface area contributed by atoms with E-state index in [-0.39, 0.29) is 35.5 Å². The molecule has 0 spiro atoms. The number of benzene rings is 1. The molecule has 52 heavy (non-hydrogen) atoms. The van der Waals surface area contributed by atoms with Crippen LogP contribution in [-0.4, -0.2) is 102 Å². The topological polar surface area (TPSA) is 186 Å². The molecule has 14 nitrogen and oxygen atoms in total. The Morgan fingerprint density at radius 3 is 2.06 bits per heavy atom. The van der Waals surface area contributed by atoms with Gasteiger partial charge in [0.05, 0.1) is 12.6 Å². The molecule has 7 amide bonds. The van der Waals surface area contributed by atoms with Crippen LogP contribution in [0.25, 0.3) is 0 Å². The van der Waals surface area contributed by atoms with E-state index in [0.717, 1.165) is 12.8 Å². The molecule has 2 aliphatic carbocycles. The first kappa shape index (κ1) is 40.3. The highest BCUT2D eigenvalue weighted by Crippen LogP contribution is 2.65. The van der Waals surface area contributed by atoms with Crippen LogP contribution in [0, 0.1) is 28.6 Å². The van der Waals surface area contributed by atoms with E-state index < -0.39 is 77.1 Å². The summed E-state index contributed by atoms with van der Waals surface area (Å²) in [7, 11) is 3.13. The maximum absolute atomic E-state index is 14.2. The molecule has 1 saturated heterocycles. The fraction of sp³-hybridized carbons (Fsp3) is 0.658. The maximum Gasteiger partial charge on any atom is 0.315 e. The molecule has 2 saturated carbocycles. The van der Waals surface area contributed by atoms with Crippen molar-refractivity contribution in [3.63, 3.8) is 0 Å². The molecular weight excluding hydrogens is 666 g/mol. The Kier molecular flexibility index (Phi) is 11.8. The molecule has 1 aliphatic heterocycles. The van der Waals surface area contributed by atoms with E-state index in [0.29, 0.717) is 12.1 Å². The van der Waals surface area contributed by atoms with Crippen molar-refractivity contribution in [3.05, 3.63) is 35.9 Å². The first-order valence-corrected chi connectivity index (χ1v) is 18.1. The molecule has 14 heteroatoms. The predicted octanol–water partition coefficient (Wildman–Crippen LogP) is 1.90. The van der Waals surface area contributed by atoms with Gasteiger partial charge in [-0.25, -0.2) is 4.79 Å². The molecule has 1 aromatic carbocycles. The molecular formula is C38H57N7O7. The quantitative estimate of drug-likeness (QED) is 0.192. The van der Waals surface area contributed by atoms with Crippen molar-refractivity contribution in [3.8, 4) is 0 Å². The van der Waals surface area contributed by atoms with E-state index in [4.69, 9.17) is 0 Å². The molecule has 3 aliphatic rings. The number of likely N-dealkylation sites (tertiary alicyclic amines) is 1. The highest BCUT2D eigenvalue weighted by molar-refractivity contribution is 6.38. The summed E-state index contributed by atoms with van der Waals surface area (Å²) in [4.78, 5) is 96.6. The Morgan fingerprint density at radius 1 is 0.904 bits per heavy atom. The number of nitrogens with zero attached hydrogens (tertiary/aromatic N) is 2. The zero-order valence-corrected chi connectivity index (χ0v) is 32.2. The van der Waals surface area contributed by atoms with Crippen LogP contribution in [-0.2, 0) is 28.8 Å². The third-order valence-corrected chi connectivity index (χ3v) is 10.3. The maximum atomic E-state index is 14.2. The number of ketones is 1. The number of carbonyl (C=O) groups excluding carboxylic acids is 7. The summed E-state index contributed by atoms with van der Waals surface area (Å²) in [5, 5.41) is 13.5. The van der Waals surface area contributed by atoms with Crippen LogP contribution in [0.5, 0.6) is 0 Å². The van der Waals surface area contributed by atoms with Crippen LogP contribution in [0.3, 0.4) is 0 Å². The number of rotatable bonds is 13. The number of fused-ring (bicyclic) bond motifs is 1. The van der Waals surface area contributed by atoms with E-state index in [1.165, 1.54) is 9.80 Å². The summed E-state index contributed by atoms with van der Waals surface area (Å²) in [6.07, 6.45) is 1.95. The van der Waals surface area contributed by atoms with Gasteiger partial charge in [0.15, 0.2) is 0 Å². The first-order chi connectivity index (χ1) is 24.0. The van der Waals surface area contributed by atoms with Crippen molar-refractivity contribution in [2.75, 3.05) is 27.2 Å². The van der Waals surface area contributed by atoms with Crippen LogP contribution in [0.2, 0.25) is 0 Å². The van der Waals surface area contributed by atoms with Crippen molar-refractivity contribution in [1.82, 2.24) is 36.4 Å². The molecule has 286 valence electrons. The molecule has 1 heterocycles. The predicted molar refractivity (Wildman–Crippen MR) is 194 cm³/mol. The largest absolute Gasteiger partial charge is 0.347 e. The van der Waals surface area contributed by atoms with Gasteiger partial charge >= 0.3 is 6.03 Å². The number of nitrogens with one attached hydrogen (secondary N) is 5. The van der Waals surface area contributed by atoms with Crippen LogP contribution in [0.4, 0.5) is 4.79 Å². The molecule has 6 atom stereocenters. The van der Waals surface area contributed by atoms with E-state index in [2.05, 4.69) is 26.6 Å². The fourth-order valence-electron chi connectivity index (χ4n) is 7.12. The second-order valence-electron chi connectivity index (χ2n) is 17.5. The van der Waals surface area contributed by atoms with Gasteiger partial charge in [-0.1, -0.05) is 77.8 Å². The van der Waals surface area contributed by atoms with Crippen LogP contribution < -0.4 is 26.6 Å². The normalized spacial score (nSPS) is 22.1. The van der Waals surface area contributed by atoms with Gasteiger partial charge < -0.3 is 36.4 Å². The van der Waals surface area contributed by atoms with Gasteiger partial charge in [-0.05, 0) is 61.3 Å². The molecule has 0 radical (unpaired) electrons. The number of urea groups is 1. The van der Waals surface area contributed by atoms with Gasteiger partial charge in [0.1, 0.15) is 18.1 Å². The molecule has 2 unspecified atom stereocenters. The van der Waals surface area contributed by atoms with Crippen LogP contribution in [0.1, 0.15) is 86.3 Å². The fourth-order valence-corrected chi connectivity index (χ4v) is 7.12. The molecule has 5 N–H and O–H groups in total. The summed E-state index contributed by atoms with van der Waals surface area (Å²) in [6.45, 7) is 14.9.